The van der Waals surface area contributed by atoms with Gasteiger partial charge in [-0.15, -0.1) is 0 Å². The topological polar surface area (TPSA) is 48.5 Å². The van der Waals surface area contributed by atoms with Crippen LogP contribution in [0.3, 0.4) is 0 Å². The lowest BCUT2D eigenvalue weighted by Gasteiger charge is -2.10. The Balaban J connectivity index is 1.79. The molecule has 0 aliphatic rings. The van der Waals surface area contributed by atoms with Crippen LogP contribution in [-0.2, 0) is 13.1 Å². The number of nitrogens with zero attached hydrogens (tertiary/aromatic N) is 5. The van der Waals surface area contributed by atoms with Gasteiger partial charge in [0.25, 0.3) is 0 Å². The second-order valence-electron chi connectivity index (χ2n) is 6.31. The van der Waals surface area contributed by atoms with E-state index in [2.05, 4.69) is 15.0 Å². The van der Waals surface area contributed by atoms with Crippen LogP contribution >= 0.6 is 34.2 Å². The Hall–Kier alpha value is -2.07. The minimum atomic E-state index is -0.436. The lowest BCUT2D eigenvalue weighted by Crippen LogP contribution is -2.03. The maximum absolute atomic E-state index is 14.0. The van der Waals surface area contributed by atoms with Crippen LogP contribution in [0.15, 0.2) is 43.1 Å². The number of pyridine rings is 1. The monoisotopic (exact) mass is 513 g/mol. The van der Waals surface area contributed by atoms with Crippen molar-refractivity contribution in [2.24, 2.45) is 0 Å². The van der Waals surface area contributed by atoms with E-state index >= 15 is 0 Å². The van der Waals surface area contributed by atoms with E-state index in [1.807, 2.05) is 33.2 Å². The Kier molecular flexibility index (Phi) is 5.58. The number of hydrogen-bond donors (Lipinski definition) is 0. The van der Waals surface area contributed by atoms with Gasteiger partial charge in [-0.2, -0.15) is 0 Å². The van der Waals surface area contributed by atoms with E-state index in [9.17, 15) is 8.78 Å². The van der Waals surface area contributed by atoms with E-state index in [0.717, 1.165) is 16.6 Å². The first kappa shape index (κ1) is 19.3. The van der Waals surface area contributed by atoms with Crippen molar-refractivity contribution >= 4 is 45.2 Å². The maximum atomic E-state index is 14.0. The molecule has 3 aromatic heterocycles. The lowest BCUT2D eigenvalue weighted by atomic mass is 10.2. The van der Waals surface area contributed by atoms with E-state index in [1.54, 1.807) is 35.6 Å². The van der Waals surface area contributed by atoms with Gasteiger partial charge in [0.15, 0.2) is 0 Å². The Morgan fingerprint density at radius 3 is 2.71 bits per heavy atom. The molecule has 0 unspecified atom stereocenters. The quantitative estimate of drug-likeness (QED) is 0.337. The Labute approximate surface area is 178 Å². The summed E-state index contributed by atoms with van der Waals surface area (Å²) in [5, 5.41) is 0.533. The summed E-state index contributed by atoms with van der Waals surface area (Å²) in [5.74, 6) is 0.312. The first-order valence-electron chi connectivity index (χ1n) is 8.58. The molecule has 0 N–H and O–H groups in total. The molecule has 5 nitrogen and oxygen atoms in total. The Bertz CT molecular complexity index is 1140. The molecule has 0 fully saturated rings. The van der Waals surface area contributed by atoms with Gasteiger partial charge in [0.2, 0.25) is 0 Å². The molecule has 0 bridgehead atoms. The first-order valence-corrected chi connectivity index (χ1v) is 10.0. The molecular weight excluding hydrogens is 499 g/mol. The zero-order chi connectivity index (χ0) is 19.7. The van der Waals surface area contributed by atoms with Crippen LogP contribution < -0.4 is 0 Å². The van der Waals surface area contributed by atoms with Crippen molar-refractivity contribution in [1.82, 2.24) is 24.1 Å². The van der Waals surface area contributed by atoms with Crippen molar-refractivity contribution in [2.75, 3.05) is 6.67 Å². The van der Waals surface area contributed by atoms with E-state index in [-0.39, 0.29) is 5.82 Å². The van der Waals surface area contributed by atoms with Crippen LogP contribution in [0.1, 0.15) is 12.0 Å². The number of rotatable bonds is 6. The van der Waals surface area contributed by atoms with Gasteiger partial charge in [-0.05, 0) is 46.7 Å². The zero-order valence-corrected chi connectivity index (χ0v) is 17.5. The molecule has 0 aliphatic heterocycles. The lowest BCUT2D eigenvalue weighted by molar-refractivity contribution is 0.450. The van der Waals surface area contributed by atoms with Crippen LogP contribution in [0.4, 0.5) is 8.78 Å². The summed E-state index contributed by atoms with van der Waals surface area (Å²) in [6.07, 6.45) is 7.02. The predicted octanol–water partition coefficient (Wildman–Crippen LogP) is 5.10. The van der Waals surface area contributed by atoms with Crippen molar-refractivity contribution < 1.29 is 8.78 Å². The highest BCUT2D eigenvalue weighted by Gasteiger charge is 2.16. The Morgan fingerprint density at radius 2 is 1.96 bits per heavy atom. The van der Waals surface area contributed by atoms with Gasteiger partial charge < -0.3 is 9.13 Å². The highest BCUT2D eigenvalue weighted by Crippen LogP contribution is 2.28. The normalized spacial score (nSPS) is 11.4. The van der Waals surface area contributed by atoms with E-state index in [0.29, 0.717) is 39.6 Å². The molecule has 0 aliphatic carbocycles. The van der Waals surface area contributed by atoms with Crippen LogP contribution in [0.2, 0.25) is 5.15 Å². The number of aromatic nitrogens is 5. The summed E-state index contributed by atoms with van der Waals surface area (Å²) in [4.78, 5) is 12.9. The number of fused-ring (bicyclic) bond motifs is 1. The third-order valence-electron chi connectivity index (χ3n) is 4.37. The number of alkyl halides is 1. The van der Waals surface area contributed by atoms with E-state index in [4.69, 9.17) is 11.6 Å². The fraction of sp³-hybridized carbons (Fsp3) is 0.211. The molecular formula is C19H15ClF2IN5. The summed E-state index contributed by atoms with van der Waals surface area (Å²) in [7, 11) is 0. The molecule has 0 amide bonds. The molecule has 0 radical (unpaired) electrons. The van der Waals surface area contributed by atoms with Gasteiger partial charge in [-0.3, -0.25) is 9.37 Å². The summed E-state index contributed by atoms with van der Waals surface area (Å²) in [6.45, 7) is 0.521. The Morgan fingerprint density at radius 1 is 1.11 bits per heavy atom. The van der Waals surface area contributed by atoms with Gasteiger partial charge in [0, 0.05) is 30.6 Å². The minimum absolute atomic E-state index is 0.323. The molecule has 144 valence electrons. The average Bonchev–Trinajstić information content (AvgIpc) is 3.24. The molecule has 4 aromatic rings. The fourth-order valence-corrected chi connectivity index (χ4v) is 3.71. The molecule has 28 heavy (non-hydrogen) atoms. The molecule has 3 heterocycles. The van der Waals surface area contributed by atoms with E-state index in [1.165, 1.54) is 6.07 Å². The largest absolute Gasteiger partial charge is 0.324 e. The van der Waals surface area contributed by atoms with Crippen molar-refractivity contribution in [2.45, 2.75) is 19.5 Å². The third-order valence-corrected chi connectivity index (χ3v) is 5.51. The summed E-state index contributed by atoms with van der Waals surface area (Å²) in [6, 6.07) is 5.11. The molecule has 4 rings (SSSR count). The molecule has 0 saturated carbocycles. The van der Waals surface area contributed by atoms with Crippen molar-refractivity contribution in [3.63, 3.8) is 0 Å². The van der Waals surface area contributed by atoms with E-state index < -0.39 is 6.67 Å². The van der Waals surface area contributed by atoms with Gasteiger partial charge in [0.05, 0.1) is 40.3 Å². The predicted molar refractivity (Wildman–Crippen MR) is 113 cm³/mol. The van der Waals surface area contributed by atoms with Crippen LogP contribution in [0, 0.1) is 9.39 Å². The number of halogens is 4. The summed E-state index contributed by atoms with van der Waals surface area (Å²) < 4.78 is 31.1. The standard InChI is InChI=1S/C19H15ClF2IN5/c20-18-9-25-11-27(18)10-12-4-13(8-24-7-12)19-26-16-5-14(22)15(23)6-17(16)28(19)3-1-2-21/h4-9,11H,1-3,10H2. The fourth-order valence-electron chi connectivity index (χ4n) is 3.10. The number of imidazole rings is 2. The molecule has 9 heteroatoms. The summed E-state index contributed by atoms with van der Waals surface area (Å²) in [5.41, 5.74) is 3.01. The minimum Gasteiger partial charge on any atom is -0.324 e. The molecule has 0 atom stereocenters. The second kappa shape index (κ2) is 8.12. The van der Waals surface area contributed by atoms with Gasteiger partial charge in [-0.1, -0.05) is 11.6 Å². The molecule has 0 saturated heterocycles. The molecule has 0 spiro atoms. The van der Waals surface area contributed by atoms with Gasteiger partial charge in [-0.25, -0.2) is 14.4 Å². The van der Waals surface area contributed by atoms with Gasteiger partial charge in [0.1, 0.15) is 16.8 Å². The highest BCUT2D eigenvalue weighted by atomic mass is 127. The average molecular weight is 514 g/mol. The van der Waals surface area contributed by atoms with Crippen molar-refractivity contribution in [3.8, 4) is 11.4 Å². The SMILES string of the molecule is FCCCn1c(-c2cncc(Cn3cncc3Cl)c2)nc2cc(F)c(I)cc21. The zero-order valence-electron chi connectivity index (χ0n) is 14.6. The number of aryl methyl sites for hydroxylation is 1. The first-order chi connectivity index (χ1) is 13.6. The second-order valence-corrected chi connectivity index (χ2v) is 7.86. The highest BCUT2D eigenvalue weighted by molar-refractivity contribution is 14.1. The molecule has 1 aromatic carbocycles. The van der Waals surface area contributed by atoms with Crippen LogP contribution in [-0.4, -0.2) is 30.8 Å². The van der Waals surface area contributed by atoms with Crippen LogP contribution in [0.5, 0.6) is 0 Å². The maximum Gasteiger partial charge on any atom is 0.142 e. The number of hydrogen-bond acceptors (Lipinski definition) is 3. The van der Waals surface area contributed by atoms with Gasteiger partial charge >= 0.3 is 0 Å². The van der Waals surface area contributed by atoms with Crippen molar-refractivity contribution in [1.29, 1.82) is 0 Å². The number of benzene rings is 1. The summed E-state index contributed by atoms with van der Waals surface area (Å²) >= 11 is 8.05. The smallest absolute Gasteiger partial charge is 0.142 e. The third kappa shape index (κ3) is 3.75. The van der Waals surface area contributed by atoms with Crippen molar-refractivity contribution in [3.05, 3.63) is 63.2 Å². The van der Waals surface area contributed by atoms with Crippen LogP contribution in [0.25, 0.3) is 22.4 Å².